The minimum atomic E-state index is 0.166. The van der Waals surface area contributed by atoms with Crippen LogP contribution in [-0.2, 0) is 4.74 Å². The number of rotatable bonds is 3. The fraction of sp³-hybridized carbons (Fsp3) is 0.455. The number of hydrogen-bond donors (Lipinski definition) is 0. The zero-order valence-electron chi connectivity index (χ0n) is 8.13. The molecule has 0 radical (unpaired) electrons. The second-order valence-electron chi connectivity index (χ2n) is 4.02. The van der Waals surface area contributed by atoms with Crippen molar-refractivity contribution in [2.75, 3.05) is 19.8 Å². The normalized spacial score (nSPS) is 18.7. The monoisotopic (exact) mass is 212 g/mol. The van der Waals surface area contributed by atoms with Crippen LogP contribution in [0.2, 0.25) is 5.02 Å². The van der Waals surface area contributed by atoms with Crippen molar-refractivity contribution in [3.05, 3.63) is 29.3 Å². The third-order valence-electron chi connectivity index (χ3n) is 2.31. The predicted octanol–water partition coefficient (Wildman–Crippen LogP) is 2.76. The van der Waals surface area contributed by atoms with E-state index < -0.39 is 0 Å². The molecule has 1 saturated heterocycles. The van der Waals surface area contributed by atoms with E-state index in [1.807, 2.05) is 24.3 Å². The highest BCUT2D eigenvalue weighted by Crippen LogP contribution is 2.30. The average Bonchev–Trinajstić information content (AvgIpc) is 2.14. The lowest BCUT2D eigenvalue weighted by molar-refractivity contribution is -0.120. The summed E-state index contributed by atoms with van der Waals surface area (Å²) in [6.45, 7) is 4.36. The first-order valence-corrected chi connectivity index (χ1v) is 5.03. The van der Waals surface area contributed by atoms with Gasteiger partial charge in [0.2, 0.25) is 0 Å². The molecule has 0 atom stereocenters. The molecule has 2 rings (SSSR count). The molecule has 1 fully saturated rings. The summed E-state index contributed by atoms with van der Waals surface area (Å²) in [6.07, 6.45) is 0. The van der Waals surface area contributed by atoms with E-state index in [1.165, 1.54) is 0 Å². The number of para-hydroxylation sites is 1. The highest BCUT2D eigenvalue weighted by atomic mass is 35.5. The lowest BCUT2D eigenvalue weighted by Crippen LogP contribution is -2.44. The molecule has 3 heteroatoms. The molecule has 1 aliphatic heterocycles. The van der Waals surface area contributed by atoms with Gasteiger partial charge in [0.05, 0.1) is 24.8 Å². The number of halogens is 1. The molecule has 0 amide bonds. The molecule has 0 N–H and O–H groups in total. The highest BCUT2D eigenvalue weighted by Gasteiger charge is 2.34. The Kier molecular flexibility index (Phi) is 2.66. The van der Waals surface area contributed by atoms with E-state index in [4.69, 9.17) is 21.1 Å². The highest BCUT2D eigenvalue weighted by molar-refractivity contribution is 6.32. The summed E-state index contributed by atoms with van der Waals surface area (Å²) >= 11 is 5.96. The van der Waals surface area contributed by atoms with Crippen LogP contribution in [0.25, 0.3) is 0 Å². The third-order valence-corrected chi connectivity index (χ3v) is 2.63. The van der Waals surface area contributed by atoms with Gasteiger partial charge in [0.1, 0.15) is 5.75 Å². The third kappa shape index (κ3) is 2.02. The lowest BCUT2D eigenvalue weighted by Gasteiger charge is -2.37. The van der Waals surface area contributed by atoms with Crippen molar-refractivity contribution < 1.29 is 9.47 Å². The number of ether oxygens (including phenoxy) is 2. The molecule has 1 aromatic rings. The second kappa shape index (κ2) is 3.79. The van der Waals surface area contributed by atoms with Crippen LogP contribution >= 0.6 is 11.6 Å². The number of benzene rings is 1. The molecular weight excluding hydrogens is 200 g/mol. The summed E-state index contributed by atoms with van der Waals surface area (Å²) in [5, 5.41) is 0.663. The van der Waals surface area contributed by atoms with Gasteiger partial charge in [0.25, 0.3) is 0 Å². The summed E-state index contributed by atoms with van der Waals surface area (Å²) in [7, 11) is 0. The van der Waals surface area contributed by atoms with Gasteiger partial charge in [-0.2, -0.15) is 0 Å². The van der Waals surface area contributed by atoms with E-state index in [0.29, 0.717) is 11.6 Å². The SMILES string of the molecule is CC1(COc2ccccc2Cl)COC1. The Morgan fingerprint density at radius 3 is 2.71 bits per heavy atom. The van der Waals surface area contributed by atoms with Crippen molar-refractivity contribution in [1.82, 2.24) is 0 Å². The van der Waals surface area contributed by atoms with Crippen LogP contribution in [0.1, 0.15) is 6.92 Å². The molecule has 0 aliphatic carbocycles. The van der Waals surface area contributed by atoms with Gasteiger partial charge in [-0.25, -0.2) is 0 Å². The van der Waals surface area contributed by atoms with Crippen LogP contribution in [0.5, 0.6) is 5.75 Å². The van der Waals surface area contributed by atoms with Crippen LogP contribution in [0.15, 0.2) is 24.3 Å². The number of hydrogen-bond acceptors (Lipinski definition) is 2. The first-order valence-electron chi connectivity index (χ1n) is 4.65. The van der Waals surface area contributed by atoms with Gasteiger partial charge in [0, 0.05) is 5.41 Å². The molecular formula is C11H13ClO2. The maximum Gasteiger partial charge on any atom is 0.137 e. The first kappa shape index (κ1) is 9.81. The molecule has 14 heavy (non-hydrogen) atoms. The summed E-state index contributed by atoms with van der Waals surface area (Å²) in [6, 6.07) is 7.52. The van der Waals surface area contributed by atoms with Gasteiger partial charge in [-0.15, -0.1) is 0 Å². The van der Waals surface area contributed by atoms with Crippen molar-refractivity contribution >= 4 is 11.6 Å². The minimum Gasteiger partial charge on any atom is -0.491 e. The Balaban J connectivity index is 1.95. The average molecular weight is 213 g/mol. The van der Waals surface area contributed by atoms with Crippen molar-refractivity contribution in [2.24, 2.45) is 5.41 Å². The molecule has 0 aromatic heterocycles. The zero-order chi connectivity index (χ0) is 10.0. The van der Waals surface area contributed by atoms with Crippen molar-refractivity contribution in [1.29, 1.82) is 0 Å². The van der Waals surface area contributed by atoms with Crippen LogP contribution in [0, 0.1) is 5.41 Å². The Bertz CT molecular complexity index is 321. The van der Waals surface area contributed by atoms with E-state index in [2.05, 4.69) is 6.92 Å². The molecule has 1 aromatic carbocycles. The maximum atomic E-state index is 5.96. The van der Waals surface area contributed by atoms with E-state index >= 15 is 0 Å². The lowest BCUT2D eigenvalue weighted by atomic mass is 9.90. The van der Waals surface area contributed by atoms with Crippen LogP contribution in [0.4, 0.5) is 0 Å². The Morgan fingerprint density at radius 2 is 2.14 bits per heavy atom. The second-order valence-corrected chi connectivity index (χ2v) is 4.43. The van der Waals surface area contributed by atoms with Gasteiger partial charge < -0.3 is 9.47 Å². The Morgan fingerprint density at radius 1 is 1.43 bits per heavy atom. The Hall–Kier alpha value is -0.730. The minimum absolute atomic E-state index is 0.166. The van der Waals surface area contributed by atoms with Crippen molar-refractivity contribution in [2.45, 2.75) is 6.92 Å². The smallest absolute Gasteiger partial charge is 0.137 e. The fourth-order valence-corrected chi connectivity index (χ4v) is 1.54. The van der Waals surface area contributed by atoms with Crippen molar-refractivity contribution in [3.8, 4) is 5.75 Å². The van der Waals surface area contributed by atoms with Gasteiger partial charge in [-0.05, 0) is 12.1 Å². The van der Waals surface area contributed by atoms with Crippen LogP contribution in [0.3, 0.4) is 0 Å². The standard InChI is InChI=1S/C11H13ClO2/c1-11(6-13-7-11)8-14-10-5-3-2-4-9(10)12/h2-5H,6-8H2,1H3. The maximum absolute atomic E-state index is 5.96. The first-order chi connectivity index (χ1) is 6.70. The largest absolute Gasteiger partial charge is 0.491 e. The van der Waals surface area contributed by atoms with Crippen molar-refractivity contribution in [3.63, 3.8) is 0 Å². The van der Waals surface area contributed by atoms with Crippen LogP contribution in [-0.4, -0.2) is 19.8 Å². The van der Waals surface area contributed by atoms with E-state index in [0.717, 1.165) is 19.0 Å². The summed E-state index contributed by atoms with van der Waals surface area (Å²) < 4.78 is 10.8. The summed E-state index contributed by atoms with van der Waals surface area (Å²) in [5.41, 5.74) is 0.166. The van der Waals surface area contributed by atoms with Gasteiger partial charge in [0.15, 0.2) is 0 Å². The summed E-state index contributed by atoms with van der Waals surface area (Å²) in [4.78, 5) is 0. The fourth-order valence-electron chi connectivity index (χ4n) is 1.35. The van der Waals surface area contributed by atoms with E-state index in [1.54, 1.807) is 0 Å². The predicted molar refractivity (Wildman–Crippen MR) is 55.9 cm³/mol. The summed E-state index contributed by atoms with van der Waals surface area (Å²) in [5.74, 6) is 0.752. The van der Waals surface area contributed by atoms with E-state index in [9.17, 15) is 0 Å². The van der Waals surface area contributed by atoms with Crippen LogP contribution < -0.4 is 4.74 Å². The van der Waals surface area contributed by atoms with E-state index in [-0.39, 0.29) is 5.41 Å². The molecule has 1 aliphatic rings. The molecule has 0 unspecified atom stereocenters. The molecule has 0 spiro atoms. The molecule has 0 saturated carbocycles. The molecule has 1 heterocycles. The van der Waals surface area contributed by atoms with Gasteiger partial charge in [-0.1, -0.05) is 30.7 Å². The Labute approximate surface area is 88.8 Å². The quantitative estimate of drug-likeness (QED) is 0.767. The van der Waals surface area contributed by atoms with Gasteiger partial charge in [-0.3, -0.25) is 0 Å². The van der Waals surface area contributed by atoms with Gasteiger partial charge >= 0.3 is 0 Å². The molecule has 2 nitrogen and oxygen atoms in total. The topological polar surface area (TPSA) is 18.5 Å². The molecule has 76 valence electrons. The zero-order valence-corrected chi connectivity index (χ0v) is 8.88. The molecule has 0 bridgehead atoms.